The lowest BCUT2D eigenvalue weighted by atomic mass is 10.2. The zero-order chi connectivity index (χ0) is 13.1. The van der Waals surface area contributed by atoms with E-state index in [2.05, 4.69) is 10.2 Å². The highest BCUT2D eigenvalue weighted by molar-refractivity contribution is 5.95. The summed E-state index contributed by atoms with van der Waals surface area (Å²) in [4.78, 5) is 24.9. The average Bonchev–Trinajstić information content (AvgIpc) is 2.95. The molecule has 0 atom stereocenters. The molecule has 1 aromatic heterocycles. The predicted octanol–water partition coefficient (Wildman–Crippen LogP) is -0.138. The van der Waals surface area contributed by atoms with Crippen LogP contribution in [0.4, 0.5) is 5.82 Å². The summed E-state index contributed by atoms with van der Waals surface area (Å²) in [6.45, 7) is -0.0670. The van der Waals surface area contributed by atoms with Gasteiger partial charge in [0, 0.05) is 12.1 Å². The standard InChI is InChI=1S/C11H17N5O2/c12-9-5-8(14-15-9)11(18)16(6-10(13)17)7-3-1-2-4-7/h5,7H,1-4,6H2,(H2,13,17)(H3,12,14,15). The fourth-order valence-electron chi connectivity index (χ4n) is 2.35. The van der Waals surface area contributed by atoms with E-state index in [1.165, 1.54) is 11.0 Å². The van der Waals surface area contributed by atoms with E-state index in [-0.39, 0.29) is 24.3 Å². The SMILES string of the molecule is NC(=O)CN(C(=O)c1cc(N)n[nH]1)C1CCCC1. The summed E-state index contributed by atoms with van der Waals surface area (Å²) in [6, 6.07) is 1.54. The summed E-state index contributed by atoms with van der Waals surface area (Å²) >= 11 is 0. The highest BCUT2D eigenvalue weighted by atomic mass is 16.2. The van der Waals surface area contributed by atoms with E-state index >= 15 is 0 Å². The molecule has 2 amide bonds. The van der Waals surface area contributed by atoms with Crippen molar-refractivity contribution in [2.75, 3.05) is 12.3 Å². The molecule has 0 radical (unpaired) electrons. The number of rotatable bonds is 4. The third kappa shape index (κ3) is 2.61. The van der Waals surface area contributed by atoms with Gasteiger partial charge in [0.15, 0.2) is 0 Å². The number of carbonyl (C=O) groups is 2. The quantitative estimate of drug-likeness (QED) is 0.690. The molecule has 1 fully saturated rings. The van der Waals surface area contributed by atoms with Gasteiger partial charge in [0.25, 0.3) is 5.91 Å². The summed E-state index contributed by atoms with van der Waals surface area (Å²) in [5, 5.41) is 6.28. The monoisotopic (exact) mass is 251 g/mol. The minimum Gasteiger partial charge on any atom is -0.382 e. The van der Waals surface area contributed by atoms with Gasteiger partial charge in [-0.3, -0.25) is 14.7 Å². The number of hydrogen-bond donors (Lipinski definition) is 3. The highest BCUT2D eigenvalue weighted by Gasteiger charge is 2.29. The van der Waals surface area contributed by atoms with Crippen LogP contribution in [0.2, 0.25) is 0 Å². The lowest BCUT2D eigenvalue weighted by Crippen LogP contribution is -2.44. The minimum absolute atomic E-state index is 0.0670. The molecule has 0 aromatic carbocycles. The summed E-state index contributed by atoms with van der Waals surface area (Å²) in [5.41, 5.74) is 11.0. The summed E-state index contributed by atoms with van der Waals surface area (Å²) < 4.78 is 0. The molecule has 98 valence electrons. The van der Waals surface area contributed by atoms with Gasteiger partial charge in [-0.25, -0.2) is 0 Å². The molecule has 18 heavy (non-hydrogen) atoms. The Labute approximate surface area is 105 Å². The lowest BCUT2D eigenvalue weighted by Gasteiger charge is -2.27. The van der Waals surface area contributed by atoms with Crippen molar-refractivity contribution >= 4 is 17.6 Å². The molecule has 0 aliphatic heterocycles. The maximum absolute atomic E-state index is 12.3. The number of primary amides is 1. The zero-order valence-electron chi connectivity index (χ0n) is 10.1. The van der Waals surface area contributed by atoms with Crippen molar-refractivity contribution in [2.24, 2.45) is 5.73 Å². The van der Waals surface area contributed by atoms with Crippen molar-refractivity contribution in [2.45, 2.75) is 31.7 Å². The first-order valence-corrected chi connectivity index (χ1v) is 5.98. The van der Waals surface area contributed by atoms with Crippen molar-refractivity contribution in [3.05, 3.63) is 11.8 Å². The first-order valence-electron chi connectivity index (χ1n) is 5.98. The summed E-state index contributed by atoms with van der Waals surface area (Å²) in [5.74, 6) is -0.531. The number of nitrogens with one attached hydrogen (secondary N) is 1. The molecule has 1 aliphatic carbocycles. The molecule has 0 unspecified atom stereocenters. The van der Waals surface area contributed by atoms with Crippen LogP contribution in [0.5, 0.6) is 0 Å². The fourth-order valence-corrected chi connectivity index (χ4v) is 2.35. The highest BCUT2D eigenvalue weighted by Crippen LogP contribution is 2.24. The van der Waals surface area contributed by atoms with Crippen LogP contribution in [0.25, 0.3) is 0 Å². The fraction of sp³-hybridized carbons (Fsp3) is 0.545. The topological polar surface area (TPSA) is 118 Å². The van der Waals surface area contributed by atoms with Gasteiger partial charge in [0.1, 0.15) is 11.5 Å². The second-order valence-corrected chi connectivity index (χ2v) is 4.54. The number of carbonyl (C=O) groups excluding carboxylic acids is 2. The molecular weight excluding hydrogens is 234 g/mol. The molecular formula is C11H17N5O2. The predicted molar refractivity (Wildman–Crippen MR) is 65.5 cm³/mol. The van der Waals surface area contributed by atoms with E-state index in [1.54, 1.807) is 0 Å². The van der Waals surface area contributed by atoms with Gasteiger partial charge in [-0.15, -0.1) is 0 Å². The second-order valence-electron chi connectivity index (χ2n) is 4.54. The lowest BCUT2D eigenvalue weighted by molar-refractivity contribution is -0.119. The number of aromatic amines is 1. The molecule has 7 heteroatoms. The van der Waals surface area contributed by atoms with E-state index in [0.29, 0.717) is 5.69 Å². The number of nitrogens with two attached hydrogens (primary N) is 2. The largest absolute Gasteiger partial charge is 0.382 e. The van der Waals surface area contributed by atoms with Crippen molar-refractivity contribution in [1.29, 1.82) is 0 Å². The molecule has 7 nitrogen and oxygen atoms in total. The first kappa shape index (κ1) is 12.4. The van der Waals surface area contributed by atoms with Crippen LogP contribution in [0, 0.1) is 0 Å². The molecule has 0 spiro atoms. The van der Waals surface area contributed by atoms with Crippen LogP contribution in [0.15, 0.2) is 6.07 Å². The van der Waals surface area contributed by atoms with Crippen molar-refractivity contribution < 1.29 is 9.59 Å². The Morgan fingerprint density at radius 2 is 2.11 bits per heavy atom. The van der Waals surface area contributed by atoms with Gasteiger partial charge >= 0.3 is 0 Å². The molecule has 1 saturated carbocycles. The van der Waals surface area contributed by atoms with Crippen LogP contribution in [0.3, 0.4) is 0 Å². The van der Waals surface area contributed by atoms with E-state index in [9.17, 15) is 9.59 Å². The van der Waals surface area contributed by atoms with Crippen LogP contribution < -0.4 is 11.5 Å². The van der Waals surface area contributed by atoms with Crippen molar-refractivity contribution in [3.8, 4) is 0 Å². The number of anilines is 1. The number of aromatic nitrogens is 2. The van der Waals surface area contributed by atoms with Crippen LogP contribution in [0.1, 0.15) is 36.2 Å². The maximum atomic E-state index is 12.3. The Morgan fingerprint density at radius 3 is 2.61 bits per heavy atom. The summed E-state index contributed by atoms with van der Waals surface area (Å²) in [6.07, 6.45) is 3.95. The molecule has 0 bridgehead atoms. The number of hydrogen-bond acceptors (Lipinski definition) is 4. The van der Waals surface area contributed by atoms with Crippen LogP contribution in [-0.4, -0.2) is 39.5 Å². The molecule has 1 heterocycles. The van der Waals surface area contributed by atoms with Gasteiger partial charge in [-0.2, -0.15) is 5.10 Å². The smallest absolute Gasteiger partial charge is 0.272 e. The number of nitrogens with zero attached hydrogens (tertiary/aromatic N) is 2. The average molecular weight is 251 g/mol. The third-order valence-electron chi connectivity index (χ3n) is 3.18. The molecule has 1 aliphatic rings. The van der Waals surface area contributed by atoms with Gasteiger partial charge in [-0.1, -0.05) is 12.8 Å². The van der Waals surface area contributed by atoms with E-state index in [0.717, 1.165) is 25.7 Å². The Hall–Kier alpha value is -2.05. The number of nitrogen functional groups attached to an aromatic ring is 1. The summed E-state index contributed by atoms with van der Waals surface area (Å²) in [7, 11) is 0. The Balaban J connectivity index is 2.17. The third-order valence-corrected chi connectivity index (χ3v) is 3.18. The minimum atomic E-state index is -0.511. The van der Waals surface area contributed by atoms with E-state index in [4.69, 9.17) is 11.5 Å². The van der Waals surface area contributed by atoms with Gasteiger partial charge in [0.05, 0.1) is 6.54 Å². The molecule has 1 aromatic rings. The van der Waals surface area contributed by atoms with E-state index in [1.807, 2.05) is 0 Å². The Morgan fingerprint density at radius 1 is 1.44 bits per heavy atom. The number of amides is 2. The van der Waals surface area contributed by atoms with Crippen LogP contribution >= 0.6 is 0 Å². The second kappa shape index (κ2) is 5.07. The zero-order valence-corrected chi connectivity index (χ0v) is 10.1. The van der Waals surface area contributed by atoms with Gasteiger partial charge in [0.2, 0.25) is 5.91 Å². The maximum Gasteiger partial charge on any atom is 0.272 e. The number of H-pyrrole nitrogens is 1. The normalized spacial score (nSPS) is 15.8. The first-order chi connectivity index (χ1) is 8.58. The molecule has 5 N–H and O–H groups in total. The van der Waals surface area contributed by atoms with E-state index < -0.39 is 5.91 Å². The van der Waals surface area contributed by atoms with Gasteiger partial charge in [-0.05, 0) is 12.8 Å². The van der Waals surface area contributed by atoms with Crippen molar-refractivity contribution in [3.63, 3.8) is 0 Å². The van der Waals surface area contributed by atoms with Gasteiger partial charge < -0.3 is 16.4 Å². The Kier molecular flexibility index (Phi) is 3.50. The molecule has 2 rings (SSSR count). The Bertz CT molecular complexity index is 450. The van der Waals surface area contributed by atoms with Crippen LogP contribution in [-0.2, 0) is 4.79 Å². The van der Waals surface area contributed by atoms with Crippen molar-refractivity contribution in [1.82, 2.24) is 15.1 Å². The molecule has 0 saturated heterocycles.